The molecule has 9 nitrogen and oxygen atoms in total. The number of nitrogens with zero attached hydrogens (tertiary/aromatic N) is 2. The largest absolute Gasteiger partial charge is 0.507 e. The molecule has 1 aliphatic rings. The van der Waals surface area contributed by atoms with Crippen LogP contribution in [-0.4, -0.2) is 49.2 Å². The number of hydrogen-bond donors (Lipinski definition) is 1. The number of Topliss-reactive ketones (excluding diaryl/α,β-unsaturated/α-hetero) is 1. The molecule has 224 valence electrons. The highest BCUT2D eigenvalue weighted by atomic mass is 32.1. The number of fused-ring (bicyclic) bond motifs is 1. The molecule has 0 bridgehead atoms. The molecule has 1 aromatic heterocycles. The molecular weight excluding hydrogens is 568 g/mol. The lowest BCUT2D eigenvalue weighted by Crippen LogP contribution is -2.29. The fourth-order valence-corrected chi connectivity index (χ4v) is 5.92. The Hall–Kier alpha value is -4.57. The predicted molar refractivity (Wildman–Crippen MR) is 167 cm³/mol. The number of aliphatic hydroxyl groups excluding tert-OH is 1. The molecular formula is C33H34N2O7S. The molecule has 1 N–H and O–H groups in total. The molecule has 43 heavy (non-hydrogen) atoms. The van der Waals surface area contributed by atoms with Crippen molar-refractivity contribution >= 4 is 44.1 Å². The van der Waals surface area contributed by atoms with Gasteiger partial charge in [-0.2, -0.15) is 0 Å². The summed E-state index contributed by atoms with van der Waals surface area (Å²) in [5.74, 6) is 0.695. The Bertz CT molecular complexity index is 1690. The van der Waals surface area contributed by atoms with Crippen LogP contribution in [0.4, 0.5) is 5.13 Å². The van der Waals surface area contributed by atoms with E-state index in [1.165, 1.54) is 30.5 Å². The smallest absolute Gasteiger partial charge is 0.301 e. The summed E-state index contributed by atoms with van der Waals surface area (Å²) in [5, 5.41) is 11.9. The normalized spacial score (nSPS) is 16.2. The van der Waals surface area contributed by atoms with E-state index in [4.69, 9.17) is 23.9 Å². The lowest BCUT2D eigenvalue weighted by atomic mass is 9.95. The molecule has 3 aromatic carbocycles. The van der Waals surface area contributed by atoms with Crippen LogP contribution in [0.5, 0.6) is 23.0 Å². The molecule has 4 aromatic rings. The van der Waals surface area contributed by atoms with Crippen molar-refractivity contribution in [2.45, 2.75) is 33.2 Å². The fourth-order valence-electron chi connectivity index (χ4n) is 4.90. The molecule has 1 unspecified atom stereocenters. The molecule has 5 rings (SSSR count). The maximum absolute atomic E-state index is 13.7. The number of hydrogen-bond acceptors (Lipinski definition) is 9. The van der Waals surface area contributed by atoms with Crippen molar-refractivity contribution in [3.63, 3.8) is 0 Å². The first kappa shape index (κ1) is 29.9. The number of benzene rings is 3. The van der Waals surface area contributed by atoms with Gasteiger partial charge in [0.25, 0.3) is 5.78 Å². The highest BCUT2D eigenvalue weighted by Gasteiger charge is 2.48. The zero-order valence-electron chi connectivity index (χ0n) is 24.7. The molecule has 0 aliphatic carbocycles. The summed E-state index contributed by atoms with van der Waals surface area (Å²) in [4.78, 5) is 33.5. The van der Waals surface area contributed by atoms with Crippen molar-refractivity contribution in [1.29, 1.82) is 0 Å². The van der Waals surface area contributed by atoms with Crippen molar-refractivity contribution in [1.82, 2.24) is 4.98 Å². The van der Waals surface area contributed by atoms with Gasteiger partial charge in [-0.05, 0) is 67.3 Å². The van der Waals surface area contributed by atoms with Crippen LogP contribution in [0.3, 0.4) is 0 Å². The average molecular weight is 603 g/mol. The van der Waals surface area contributed by atoms with Gasteiger partial charge in [0.05, 0.1) is 49.3 Å². The second-order valence-corrected chi connectivity index (χ2v) is 11.4. The quantitative estimate of drug-likeness (QED) is 0.114. The molecule has 1 saturated heterocycles. The number of anilines is 1. The fraction of sp³-hybridized carbons (Fsp3) is 0.303. The number of aliphatic hydroxyl groups is 1. The molecule has 0 spiro atoms. The van der Waals surface area contributed by atoms with Crippen molar-refractivity contribution in [3.05, 3.63) is 77.4 Å². The third kappa shape index (κ3) is 6.01. The standard InChI is InChI=1S/C33H34N2O7S/c1-6-41-23-11-12-24-27(18-23)43-33(34-24)35-29(20-10-13-25(26(17-20)40-5)42-15-14-19(2)3)28(31(37)32(35)38)30(36)21-8-7-9-22(16-21)39-4/h7-13,16-19,29,36H,6,14-15H2,1-5H3/b30-28+. The Morgan fingerprint density at radius 3 is 2.51 bits per heavy atom. The van der Waals surface area contributed by atoms with E-state index in [1.54, 1.807) is 42.5 Å². The van der Waals surface area contributed by atoms with E-state index in [-0.39, 0.29) is 11.3 Å². The lowest BCUT2D eigenvalue weighted by molar-refractivity contribution is -0.132. The third-order valence-electron chi connectivity index (χ3n) is 7.11. The summed E-state index contributed by atoms with van der Waals surface area (Å²) in [5.41, 5.74) is 1.48. The summed E-state index contributed by atoms with van der Waals surface area (Å²) in [7, 11) is 3.05. The number of methoxy groups -OCH3 is 2. The van der Waals surface area contributed by atoms with Gasteiger partial charge in [0.2, 0.25) is 0 Å². The summed E-state index contributed by atoms with van der Waals surface area (Å²) >= 11 is 1.26. The lowest BCUT2D eigenvalue weighted by Gasteiger charge is -2.24. The number of amides is 1. The molecule has 10 heteroatoms. The Labute approximate surface area is 254 Å². The second-order valence-electron chi connectivity index (χ2n) is 10.4. The van der Waals surface area contributed by atoms with E-state index in [0.29, 0.717) is 63.9 Å². The maximum Gasteiger partial charge on any atom is 0.301 e. The van der Waals surface area contributed by atoms with E-state index in [0.717, 1.165) is 11.1 Å². The maximum atomic E-state index is 13.7. The van der Waals surface area contributed by atoms with E-state index in [1.807, 2.05) is 25.1 Å². The predicted octanol–water partition coefficient (Wildman–Crippen LogP) is 6.76. The summed E-state index contributed by atoms with van der Waals surface area (Å²) in [6, 6.07) is 16.4. The SMILES string of the molecule is CCOc1ccc2nc(N3C(=O)C(=O)/C(=C(/O)c4cccc(OC)c4)C3c3ccc(OCCC(C)C)c(OC)c3)sc2c1. The summed E-state index contributed by atoms with van der Waals surface area (Å²) < 4.78 is 23.4. The number of aromatic nitrogens is 1. The first-order valence-electron chi connectivity index (χ1n) is 14.0. The highest BCUT2D eigenvalue weighted by Crippen LogP contribution is 2.46. The zero-order chi connectivity index (χ0) is 30.7. The van der Waals surface area contributed by atoms with E-state index >= 15 is 0 Å². The minimum absolute atomic E-state index is 0.0666. The molecule has 1 atom stereocenters. The van der Waals surface area contributed by atoms with Crippen LogP contribution >= 0.6 is 11.3 Å². The molecule has 0 saturated carbocycles. The first-order chi connectivity index (χ1) is 20.7. The van der Waals surface area contributed by atoms with Gasteiger partial charge in [-0.15, -0.1) is 0 Å². The van der Waals surface area contributed by atoms with Crippen LogP contribution in [0.25, 0.3) is 16.0 Å². The summed E-state index contributed by atoms with van der Waals surface area (Å²) in [6.45, 7) is 7.16. The van der Waals surface area contributed by atoms with Crippen molar-refractivity contribution in [2.75, 3.05) is 32.3 Å². The average Bonchev–Trinajstić information content (AvgIpc) is 3.54. The Morgan fingerprint density at radius 1 is 0.977 bits per heavy atom. The van der Waals surface area contributed by atoms with Gasteiger partial charge in [0.1, 0.15) is 17.3 Å². The molecule has 0 radical (unpaired) electrons. The molecule has 1 aliphatic heterocycles. The topological polar surface area (TPSA) is 107 Å². The zero-order valence-corrected chi connectivity index (χ0v) is 25.6. The molecule has 1 fully saturated rings. The number of carbonyl (C=O) groups excluding carboxylic acids is 2. The number of ether oxygens (including phenoxy) is 4. The first-order valence-corrected chi connectivity index (χ1v) is 14.9. The van der Waals surface area contributed by atoms with Crippen LogP contribution in [0.1, 0.15) is 44.4 Å². The second kappa shape index (κ2) is 12.7. The third-order valence-corrected chi connectivity index (χ3v) is 8.13. The Kier molecular flexibility index (Phi) is 8.86. The Morgan fingerprint density at radius 2 is 1.79 bits per heavy atom. The number of ketones is 1. The van der Waals surface area contributed by atoms with Crippen LogP contribution in [0.2, 0.25) is 0 Å². The van der Waals surface area contributed by atoms with E-state index < -0.39 is 17.7 Å². The van der Waals surface area contributed by atoms with Crippen LogP contribution in [0, 0.1) is 5.92 Å². The van der Waals surface area contributed by atoms with Crippen molar-refractivity contribution in [2.24, 2.45) is 5.92 Å². The monoisotopic (exact) mass is 602 g/mol. The highest BCUT2D eigenvalue weighted by molar-refractivity contribution is 7.22. The van der Waals surface area contributed by atoms with Gasteiger partial charge < -0.3 is 24.1 Å². The van der Waals surface area contributed by atoms with Crippen LogP contribution in [0.15, 0.2) is 66.2 Å². The Balaban J connectivity index is 1.66. The van der Waals surface area contributed by atoms with Gasteiger partial charge in [0, 0.05) is 5.56 Å². The number of rotatable bonds is 11. The molecule has 1 amide bonds. The summed E-state index contributed by atoms with van der Waals surface area (Å²) in [6.07, 6.45) is 0.869. The van der Waals surface area contributed by atoms with Crippen LogP contribution in [-0.2, 0) is 9.59 Å². The van der Waals surface area contributed by atoms with E-state index in [9.17, 15) is 14.7 Å². The number of thiazole rings is 1. The molecule has 2 heterocycles. The van der Waals surface area contributed by atoms with Gasteiger partial charge in [-0.25, -0.2) is 4.98 Å². The minimum Gasteiger partial charge on any atom is -0.507 e. The van der Waals surface area contributed by atoms with Crippen LogP contribution < -0.4 is 23.8 Å². The van der Waals surface area contributed by atoms with Gasteiger partial charge in [-0.1, -0.05) is 43.4 Å². The van der Waals surface area contributed by atoms with E-state index in [2.05, 4.69) is 13.8 Å². The van der Waals surface area contributed by atoms with Crippen molar-refractivity contribution in [3.8, 4) is 23.0 Å². The van der Waals surface area contributed by atoms with Gasteiger partial charge >= 0.3 is 5.91 Å². The van der Waals surface area contributed by atoms with Gasteiger partial charge in [-0.3, -0.25) is 14.5 Å². The van der Waals surface area contributed by atoms with Crippen molar-refractivity contribution < 1.29 is 33.6 Å². The van der Waals surface area contributed by atoms with Gasteiger partial charge in [0.15, 0.2) is 16.6 Å². The number of carbonyl (C=O) groups is 2. The minimum atomic E-state index is -0.989.